The maximum Gasteiger partial charge on any atom is 0.262 e. The van der Waals surface area contributed by atoms with Gasteiger partial charge in [-0.1, -0.05) is 15.9 Å². The standard InChI is InChI=1S/C13H12BrClN4O/c1-17-6-8(5-16)7-19-12(20)10-4-9(14)2-3-11(10)18-13(19)15/h2-6H,7,16H2,1H3/b8-5+,17-6?. The van der Waals surface area contributed by atoms with Crippen molar-refractivity contribution in [3.63, 3.8) is 0 Å². The predicted octanol–water partition coefficient (Wildman–Crippen LogP) is 2.36. The van der Waals surface area contributed by atoms with Gasteiger partial charge in [-0.2, -0.15) is 0 Å². The van der Waals surface area contributed by atoms with Crippen molar-refractivity contribution in [3.8, 4) is 0 Å². The Morgan fingerprint density at radius 1 is 1.60 bits per heavy atom. The van der Waals surface area contributed by atoms with E-state index in [9.17, 15) is 4.79 Å². The molecule has 2 N–H and O–H groups in total. The van der Waals surface area contributed by atoms with Gasteiger partial charge in [-0.05, 0) is 29.8 Å². The van der Waals surface area contributed by atoms with E-state index in [1.54, 1.807) is 25.4 Å². The normalized spacial score (nSPS) is 12.4. The Morgan fingerprint density at radius 3 is 3.00 bits per heavy atom. The summed E-state index contributed by atoms with van der Waals surface area (Å²) < 4.78 is 2.17. The third-order valence-corrected chi connectivity index (χ3v) is 3.50. The highest BCUT2D eigenvalue weighted by molar-refractivity contribution is 9.10. The van der Waals surface area contributed by atoms with Crippen LogP contribution in [0.1, 0.15) is 0 Å². The Balaban J connectivity index is 2.62. The van der Waals surface area contributed by atoms with Crippen LogP contribution in [0, 0.1) is 0 Å². The predicted molar refractivity (Wildman–Crippen MR) is 85.4 cm³/mol. The molecule has 0 radical (unpaired) electrons. The summed E-state index contributed by atoms with van der Waals surface area (Å²) in [5.41, 5.74) is 6.52. The highest BCUT2D eigenvalue weighted by atomic mass is 79.9. The van der Waals surface area contributed by atoms with Gasteiger partial charge in [0.05, 0.1) is 17.4 Å². The molecule has 0 aliphatic heterocycles. The fourth-order valence-electron chi connectivity index (χ4n) is 1.79. The zero-order chi connectivity index (χ0) is 14.7. The van der Waals surface area contributed by atoms with Gasteiger partial charge in [0.2, 0.25) is 5.28 Å². The summed E-state index contributed by atoms with van der Waals surface area (Å²) in [6, 6.07) is 5.27. The quantitative estimate of drug-likeness (QED) is 0.678. The van der Waals surface area contributed by atoms with Crippen LogP contribution in [0.5, 0.6) is 0 Å². The number of fused-ring (bicyclic) bond motifs is 1. The third-order valence-electron chi connectivity index (χ3n) is 2.72. The van der Waals surface area contributed by atoms with E-state index in [1.165, 1.54) is 10.8 Å². The second-order valence-electron chi connectivity index (χ2n) is 4.06. The van der Waals surface area contributed by atoms with Crippen LogP contribution in [0.3, 0.4) is 0 Å². The molecular formula is C13H12BrClN4O. The average molecular weight is 356 g/mol. The van der Waals surface area contributed by atoms with Crippen molar-refractivity contribution in [2.24, 2.45) is 10.7 Å². The van der Waals surface area contributed by atoms with Gasteiger partial charge >= 0.3 is 0 Å². The van der Waals surface area contributed by atoms with Crippen molar-refractivity contribution < 1.29 is 0 Å². The van der Waals surface area contributed by atoms with Gasteiger partial charge in [-0.3, -0.25) is 14.4 Å². The fraction of sp³-hybridized carbons (Fsp3) is 0.154. The van der Waals surface area contributed by atoms with Crippen LogP contribution >= 0.6 is 27.5 Å². The number of aromatic nitrogens is 2. The number of nitrogens with two attached hydrogens (primary N) is 1. The number of aliphatic imine (C=N–C) groups is 1. The van der Waals surface area contributed by atoms with Crippen LogP contribution in [0.15, 0.2) is 44.2 Å². The van der Waals surface area contributed by atoms with Crippen molar-refractivity contribution in [1.29, 1.82) is 0 Å². The molecule has 0 fully saturated rings. The van der Waals surface area contributed by atoms with Gasteiger partial charge in [0.15, 0.2) is 0 Å². The SMILES string of the molecule is CN=C/C(=C\N)Cn1c(Cl)nc2ccc(Br)cc2c1=O. The van der Waals surface area contributed by atoms with Crippen LogP contribution < -0.4 is 11.3 Å². The molecule has 0 amide bonds. The number of nitrogens with zero attached hydrogens (tertiary/aromatic N) is 3. The average Bonchev–Trinajstić information content (AvgIpc) is 2.43. The smallest absolute Gasteiger partial charge is 0.262 e. The fourth-order valence-corrected chi connectivity index (χ4v) is 2.38. The molecule has 0 unspecified atom stereocenters. The maximum absolute atomic E-state index is 12.5. The molecule has 2 rings (SSSR count). The topological polar surface area (TPSA) is 73.3 Å². The van der Waals surface area contributed by atoms with Crippen LogP contribution in [-0.2, 0) is 6.54 Å². The van der Waals surface area contributed by atoms with Gasteiger partial charge in [0, 0.05) is 29.5 Å². The van der Waals surface area contributed by atoms with Crippen LogP contribution in [0.4, 0.5) is 0 Å². The molecule has 0 bridgehead atoms. The minimum Gasteiger partial charge on any atom is -0.404 e. The van der Waals surface area contributed by atoms with Gasteiger partial charge in [0.25, 0.3) is 5.56 Å². The molecule has 0 aliphatic rings. The van der Waals surface area contributed by atoms with Crippen molar-refractivity contribution in [2.75, 3.05) is 7.05 Å². The molecule has 1 aromatic heterocycles. The molecule has 0 atom stereocenters. The van der Waals surface area contributed by atoms with Gasteiger partial charge < -0.3 is 5.73 Å². The van der Waals surface area contributed by atoms with Crippen molar-refractivity contribution in [3.05, 3.63) is 50.1 Å². The number of allylic oxidation sites excluding steroid dienone is 1. The summed E-state index contributed by atoms with van der Waals surface area (Å²) >= 11 is 9.41. The molecule has 0 saturated heterocycles. The minimum absolute atomic E-state index is 0.119. The van der Waals surface area contributed by atoms with Crippen molar-refractivity contribution in [2.45, 2.75) is 6.54 Å². The first-order chi connectivity index (χ1) is 9.56. The van der Waals surface area contributed by atoms with E-state index in [0.29, 0.717) is 16.5 Å². The summed E-state index contributed by atoms with van der Waals surface area (Å²) in [5.74, 6) is 0. The Morgan fingerprint density at radius 2 is 2.35 bits per heavy atom. The molecular weight excluding hydrogens is 344 g/mol. The van der Waals surface area contributed by atoms with E-state index in [1.807, 2.05) is 6.07 Å². The number of rotatable bonds is 3. The van der Waals surface area contributed by atoms with E-state index in [-0.39, 0.29) is 17.4 Å². The second kappa shape index (κ2) is 6.19. The van der Waals surface area contributed by atoms with Crippen LogP contribution in [-0.4, -0.2) is 22.8 Å². The molecule has 0 spiro atoms. The lowest BCUT2D eigenvalue weighted by Gasteiger charge is -2.09. The summed E-state index contributed by atoms with van der Waals surface area (Å²) in [7, 11) is 1.63. The first-order valence-electron chi connectivity index (χ1n) is 5.75. The zero-order valence-electron chi connectivity index (χ0n) is 10.7. The minimum atomic E-state index is -0.217. The zero-order valence-corrected chi connectivity index (χ0v) is 13.0. The van der Waals surface area contributed by atoms with E-state index in [2.05, 4.69) is 25.9 Å². The Kier molecular flexibility index (Phi) is 4.57. The lowest BCUT2D eigenvalue weighted by atomic mass is 10.2. The molecule has 0 saturated carbocycles. The summed E-state index contributed by atoms with van der Waals surface area (Å²) in [6.07, 6.45) is 2.97. The monoisotopic (exact) mass is 354 g/mol. The number of hydrogen-bond donors (Lipinski definition) is 1. The van der Waals surface area contributed by atoms with E-state index < -0.39 is 0 Å². The Hall–Kier alpha value is -1.66. The van der Waals surface area contributed by atoms with Crippen LogP contribution in [0.2, 0.25) is 5.28 Å². The number of halogens is 2. The molecule has 1 heterocycles. The Labute approximate surface area is 128 Å². The molecule has 20 heavy (non-hydrogen) atoms. The number of hydrogen-bond acceptors (Lipinski definition) is 4. The first-order valence-corrected chi connectivity index (χ1v) is 6.92. The highest BCUT2D eigenvalue weighted by Gasteiger charge is 2.10. The molecule has 1 aromatic carbocycles. The van der Waals surface area contributed by atoms with E-state index >= 15 is 0 Å². The molecule has 2 aromatic rings. The summed E-state index contributed by atoms with van der Waals surface area (Å²) in [4.78, 5) is 20.6. The summed E-state index contributed by atoms with van der Waals surface area (Å²) in [6.45, 7) is 0.223. The van der Waals surface area contributed by atoms with Crippen molar-refractivity contribution >= 4 is 44.6 Å². The van der Waals surface area contributed by atoms with Gasteiger partial charge in [-0.15, -0.1) is 0 Å². The second-order valence-corrected chi connectivity index (χ2v) is 5.32. The maximum atomic E-state index is 12.5. The lowest BCUT2D eigenvalue weighted by molar-refractivity contribution is 0.754. The van der Waals surface area contributed by atoms with E-state index in [4.69, 9.17) is 17.3 Å². The number of benzene rings is 1. The molecule has 7 heteroatoms. The molecule has 5 nitrogen and oxygen atoms in total. The molecule has 104 valence electrons. The van der Waals surface area contributed by atoms with Crippen molar-refractivity contribution in [1.82, 2.24) is 9.55 Å². The Bertz CT molecular complexity index is 767. The van der Waals surface area contributed by atoms with Gasteiger partial charge in [0.1, 0.15) is 0 Å². The van der Waals surface area contributed by atoms with Crippen LogP contribution in [0.25, 0.3) is 10.9 Å². The highest BCUT2D eigenvalue weighted by Crippen LogP contribution is 2.17. The van der Waals surface area contributed by atoms with Gasteiger partial charge in [-0.25, -0.2) is 4.98 Å². The first kappa shape index (κ1) is 14.7. The summed E-state index contributed by atoms with van der Waals surface area (Å²) in [5, 5.41) is 0.613. The lowest BCUT2D eigenvalue weighted by Crippen LogP contribution is -2.23. The third kappa shape index (κ3) is 2.91. The largest absolute Gasteiger partial charge is 0.404 e. The molecule has 0 aliphatic carbocycles. The van der Waals surface area contributed by atoms with E-state index in [0.717, 1.165) is 4.47 Å².